The zero-order valence-electron chi connectivity index (χ0n) is 15.0. The van der Waals surface area contributed by atoms with Crippen LogP contribution in [0, 0.1) is 11.7 Å². The summed E-state index contributed by atoms with van der Waals surface area (Å²) in [6.45, 7) is 3.61. The number of amides is 1. The van der Waals surface area contributed by atoms with E-state index in [1.165, 1.54) is 33.9 Å². The van der Waals surface area contributed by atoms with Gasteiger partial charge < -0.3 is 4.90 Å². The fourth-order valence-electron chi connectivity index (χ4n) is 3.34. The van der Waals surface area contributed by atoms with Crippen LogP contribution in [0.25, 0.3) is 16.7 Å². The van der Waals surface area contributed by atoms with Crippen LogP contribution >= 0.6 is 0 Å². The molecule has 0 bridgehead atoms. The van der Waals surface area contributed by atoms with Crippen molar-refractivity contribution in [1.82, 2.24) is 24.2 Å². The molecule has 3 heterocycles. The van der Waals surface area contributed by atoms with Gasteiger partial charge in [0, 0.05) is 13.1 Å². The molecule has 3 aromatic rings. The number of piperidine rings is 1. The predicted octanol–water partition coefficient (Wildman–Crippen LogP) is 1.98. The monoisotopic (exact) mass is 369 g/mol. The number of nitrogens with zero attached hydrogens (tertiary/aromatic N) is 5. The number of carbonyl (C=O) groups is 1. The molecular formula is C19H20FN5O2. The molecule has 0 atom stereocenters. The van der Waals surface area contributed by atoms with E-state index in [4.69, 9.17) is 0 Å². The Balaban J connectivity index is 1.60. The molecule has 140 valence electrons. The molecule has 27 heavy (non-hydrogen) atoms. The first kappa shape index (κ1) is 17.4. The van der Waals surface area contributed by atoms with Gasteiger partial charge in [-0.2, -0.15) is 5.10 Å². The van der Waals surface area contributed by atoms with Crippen LogP contribution < -0.4 is 5.56 Å². The Labute approximate surface area is 155 Å². The fourth-order valence-corrected chi connectivity index (χ4v) is 3.34. The van der Waals surface area contributed by atoms with E-state index in [2.05, 4.69) is 17.0 Å². The predicted molar refractivity (Wildman–Crippen MR) is 98.1 cm³/mol. The van der Waals surface area contributed by atoms with Gasteiger partial charge in [-0.3, -0.25) is 14.2 Å². The van der Waals surface area contributed by atoms with E-state index < -0.39 is 0 Å². The third kappa shape index (κ3) is 3.34. The minimum atomic E-state index is -0.351. The summed E-state index contributed by atoms with van der Waals surface area (Å²) in [6.07, 6.45) is 4.78. The van der Waals surface area contributed by atoms with Crippen molar-refractivity contribution in [3.05, 3.63) is 53.0 Å². The normalized spacial score (nSPS) is 15.4. The maximum Gasteiger partial charge on any atom is 0.264 e. The highest BCUT2D eigenvalue weighted by Crippen LogP contribution is 2.17. The molecule has 8 heteroatoms. The summed E-state index contributed by atoms with van der Waals surface area (Å²) in [7, 11) is 0. The summed E-state index contributed by atoms with van der Waals surface area (Å²) in [5, 5.41) is 4.52. The first-order valence-corrected chi connectivity index (χ1v) is 9.00. The van der Waals surface area contributed by atoms with Gasteiger partial charge in [-0.15, -0.1) is 0 Å². The number of rotatable bonds is 3. The third-order valence-electron chi connectivity index (χ3n) is 5.07. The van der Waals surface area contributed by atoms with Crippen molar-refractivity contribution in [1.29, 1.82) is 0 Å². The summed E-state index contributed by atoms with van der Waals surface area (Å²) >= 11 is 0. The quantitative estimate of drug-likeness (QED) is 0.708. The van der Waals surface area contributed by atoms with E-state index in [0.29, 0.717) is 22.6 Å². The van der Waals surface area contributed by atoms with Crippen molar-refractivity contribution < 1.29 is 9.18 Å². The van der Waals surface area contributed by atoms with Gasteiger partial charge in [-0.1, -0.05) is 6.92 Å². The van der Waals surface area contributed by atoms with Crippen LogP contribution in [0.3, 0.4) is 0 Å². The van der Waals surface area contributed by atoms with Crippen LogP contribution in [-0.2, 0) is 11.3 Å². The Morgan fingerprint density at radius 3 is 2.63 bits per heavy atom. The van der Waals surface area contributed by atoms with Gasteiger partial charge in [0.15, 0.2) is 5.65 Å². The zero-order chi connectivity index (χ0) is 19.0. The minimum Gasteiger partial charge on any atom is -0.341 e. The number of hydrogen-bond acceptors (Lipinski definition) is 4. The van der Waals surface area contributed by atoms with Crippen molar-refractivity contribution in [2.45, 2.75) is 26.3 Å². The highest BCUT2D eigenvalue weighted by atomic mass is 19.1. The molecule has 0 saturated carbocycles. The Bertz CT molecular complexity index is 1030. The van der Waals surface area contributed by atoms with E-state index in [1.54, 1.807) is 17.0 Å². The molecule has 0 radical (unpaired) electrons. The molecule has 4 rings (SSSR count). The molecule has 0 spiro atoms. The summed E-state index contributed by atoms with van der Waals surface area (Å²) in [4.78, 5) is 31.4. The summed E-state index contributed by atoms with van der Waals surface area (Å²) < 4.78 is 15.9. The van der Waals surface area contributed by atoms with Crippen LogP contribution in [-0.4, -0.2) is 43.2 Å². The van der Waals surface area contributed by atoms with Crippen molar-refractivity contribution >= 4 is 16.9 Å². The molecule has 7 nitrogen and oxygen atoms in total. The average molecular weight is 369 g/mol. The highest BCUT2D eigenvalue weighted by Gasteiger charge is 2.21. The van der Waals surface area contributed by atoms with Crippen molar-refractivity contribution in [3.63, 3.8) is 0 Å². The van der Waals surface area contributed by atoms with Gasteiger partial charge >= 0.3 is 0 Å². The van der Waals surface area contributed by atoms with Crippen molar-refractivity contribution in [2.75, 3.05) is 13.1 Å². The molecule has 0 aliphatic carbocycles. The fraction of sp³-hybridized carbons (Fsp3) is 0.368. The van der Waals surface area contributed by atoms with Crippen molar-refractivity contribution in [2.24, 2.45) is 5.92 Å². The maximum atomic E-state index is 13.1. The van der Waals surface area contributed by atoms with Gasteiger partial charge in [0.25, 0.3) is 5.56 Å². The lowest BCUT2D eigenvalue weighted by atomic mass is 9.99. The Morgan fingerprint density at radius 1 is 1.22 bits per heavy atom. The highest BCUT2D eigenvalue weighted by molar-refractivity contribution is 5.78. The number of benzene rings is 1. The van der Waals surface area contributed by atoms with Crippen LogP contribution in [0.1, 0.15) is 19.8 Å². The second kappa shape index (κ2) is 6.94. The van der Waals surface area contributed by atoms with Gasteiger partial charge in [-0.25, -0.2) is 14.1 Å². The standard InChI is InChI=1S/C19H20FN5O2/c1-13-6-8-23(9-7-13)17(26)11-24-12-21-18-16(19(24)27)10-22-25(18)15-4-2-14(20)3-5-15/h2-5,10,12-13H,6-9,11H2,1H3. The van der Waals surface area contributed by atoms with Crippen LogP contribution in [0.15, 0.2) is 41.6 Å². The van der Waals surface area contributed by atoms with Gasteiger partial charge in [-0.05, 0) is 43.0 Å². The SMILES string of the molecule is CC1CCN(C(=O)Cn2cnc3c(cnn3-c3ccc(F)cc3)c2=O)CC1. The number of hydrogen-bond donors (Lipinski definition) is 0. The Hall–Kier alpha value is -3.03. The lowest BCUT2D eigenvalue weighted by Crippen LogP contribution is -2.41. The van der Waals surface area contributed by atoms with Crippen LogP contribution in [0.4, 0.5) is 4.39 Å². The number of aromatic nitrogens is 4. The van der Waals surface area contributed by atoms with E-state index in [-0.39, 0.29) is 23.8 Å². The second-order valence-corrected chi connectivity index (χ2v) is 7.01. The lowest BCUT2D eigenvalue weighted by molar-refractivity contribution is -0.133. The minimum absolute atomic E-state index is 0.0299. The zero-order valence-corrected chi connectivity index (χ0v) is 15.0. The number of carbonyl (C=O) groups excluding carboxylic acids is 1. The molecule has 1 fully saturated rings. The molecule has 1 aromatic carbocycles. The van der Waals surface area contributed by atoms with Gasteiger partial charge in [0.05, 0.1) is 11.9 Å². The maximum absolute atomic E-state index is 13.1. The number of halogens is 1. The van der Waals surface area contributed by atoms with Crippen molar-refractivity contribution in [3.8, 4) is 5.69 Å². The summed E-state index contributed by atoms with van der Waals surface area (Å²) in [5.41, 5.74) is 0.670. The lowest BCUT2D eigenvalue weighted by Gasteiger charge is -2.30. The molecule has 1 aliphatic heterocycles. The summed E-state index contributed by atoms with van der Waals surface area (Å²) in [6, 6.07) is 5.77. The average Bonchev–Trinajstić information content (AvgIpc) is 3.10. The molecular weight excluding hydrogens is 349 g/mol. The number of fused-ring (bicyclic) bond motifs is 1. The van der Waals surface area contributed by atoms with E-state index in [9.17, 15) is 14.0 Å². The van der Waals surface area contributed by atoms with E-state index >= 15 is 0 Å². The van der Waals surface area contributed by atoms with Crippen LogP contribution in [0.2, 0.25) is 0 Å². The second-order valence-electron chi connectivity index (χ2n) is 7.01. The van der Waals surface area contributed by atoms with E-state index in [1.807, 2.05) is 0 Å². The summed E-state index contributed by atoms with van der Waals surface area (Å²) in [5.74, 6) is 0.208. The van der Waals surface area contributed by atoms with Gasteiger partial charge in [0.1, 0.15) is 24.1 Å². The first-order chi connectivity index (χ1) is 13.0. The first-order valence-electron chi connectivity index (χ1n) is 9.00. The smallest absolute Gasteiger partial charge is 0.264 e. The Morgan fingerprint density at radius 2 is 1.93 bits per heavy atom. The van der Waals surface area contributed by atoms with E-state index in [0.717, 1.165) is 25.9 Å². The van der Waals surface area contributed by atoms with Crippen LogP contribution in [0.5, 0.6) is 0 Å². The molecule has 2 aromatic heterocycles. The number of likely N-dealkylation sites (tertiary alicyclic amines) is 1. The topological polar surface area (TPSA) is 73.0 Å². The molecule has 0 N–H and O–H groups in total. The molecule has 1 saturated heterocycles. The van der Waals surface area contributed by atoms with Gasteiger partial charge in [0.2, 0.25) is 5.91 Å². The molecule has 1 aliphatic rings. The third-order valence-corrected chi connectivity index (χ3v) is 5.07. The molecule has 1 amide bonds. The molecule has 0 unspecified atom stereocenters. The Kier molecular flexibility index (Phi) is 4.47. The largest absolute Gasteiger partial charge is 0.341 e.